The third-order valence-corrected chi connectivity index (χ3v) is 4.81. The normalized spacial score (nSPS) is 35.5. The Balaban J connectivity index is 3.37. The number of allylic oxidation sites excluding steroid dienone is 3. The maximum absolute atomic E-state index is 12.7. The molecular weight excluding hydrogens is 348 g/mol. The highest BCUT2D eigenvalue weighted by atomic mass is 16.5. The molecule has 0 aliphatic carbocycles. The molecule has 6 heteroatoms. The minimum atomic E-state index is -2.04. The van der Waals surface area contributed by atoms with E-state index in [9.17, 15) is 24.9 Å². The van der Waals surface area contributed by atoms with Gasteiger partial charge in [-0.2, -0.15) is 0 Å². The zero-order chi connectivity index (χ0) is 20.8. The van der Waals surface area contributed by atoms with Gasteiger partial charge in [0.2, 0.25) is 0 Å². The number of aliphatic hydroxyl groups is 3. The fraction of sp³-hybridized carbons (Fsp3) is 0.619. The Morgan fingerprint density at radius 1 is 1.30 bits per heavy atom. The van der Waals surface area contributed by atoms with E-state index < -0.39 is 36.0 Å². The number of ketones is 1. The number of rotatable bonds is 3. The molecule has 0 radical (unpaired) electrons. The molecule has 152 valence electrons. The van der Waals surface area contributed by atoms with Gasteiger partial charge >= 0.3 is 5.97 Å². The molecule has 4 atom stereocenters. The van der Waals surface area contributed by atoms with Gasteiger partial charge in [-0.15, -0.1) is 0 Å². The number of carbonyl (C=O) groups excluding carboxylic acids is 2. The Morgan fingerprint density at radius 2 is 1.93 bits per heavy atom. The van der Waals surface area contributed by atoms with Crippen LogP contribution < -0.4 is 0 Å². The lowest BCUT2D eigenvalue weighted by molar-refractivity contribution is -0.162. The minimum absolute atomic E-state index is 0.0638. The van der Waals surface area contributed by atoms with Crippen LogP contribution in [0.5, 0.6) is 0 Å². The molecule has 1 aliphatic rings. The van der Waals surface area contributed by atoms with Crippen molar-refractivity contribution in [2.45, 2.75) is 58.7 Å². The molecule has 0 saturated carbocycles. The fourth-order valence-corrected chi connectivity index (χ4v) is 3.43. The third kappa shape index (κ3) is 6.13. The quantitative estimate of drug-likeness (QED) is 0.393. The van der Waals surface area contributed by atoms with Crippen molar-refractivity contribution >= 4 is 11.8 Å². The average Bonchev–Trinajstić information content (AvgIpc) is 2.61. The van der Waals surface area contributed by atoms with Gasteiger partial charge in [-0.3, -0.25) is 9.59 Å². The first-order chi connectivity index (χ1) is 12.6. The number of hydrogen-bond donors (Lipinski definition) is 3. The monoisotopic (exact) mass is 380 g/mol. The van der Waals surface area contributed by atoms with E-state index in [0.29, 0.717) is 18.4 Å². The lowest BCUT2D eigenvalue weighted by Gasteiger charge is -2.29. The highest BCUT2D eigenvalue weighted by Gasteiger charge is 2.42. The van der Waals surface area contributed by atoms with Crippen molar-refractivity contribution in [2.75, 3.05) is 13.2 Å². The molecule has 0 bridgehead atoms. The van der Waals surface area contributed by atoms with E-state index in [2.05, 4.69) is 6.58 Å². The van der Waals surface area contributed by atoms with Gasteiger partial charge in [0.1, 0.15) is 12.0 Å². The Kier molecular flexibility index (Phi) is 8.59. The van der Waals surface area contributed by atoms with E-state index in [1.807, 2.05) is 13.0 Å². The highest BCUT2D eigenvalue weighted by molar-refractivity contribution is 6.03. The molecule has 0 saturated heterocycles. The molecule has 1 aliphatic heterocycles. The van der Waals surface area contributed by atoms with Gasteiger partial charge in [-0.25, -0.2) is 0 Å². The second-order valence-electron chi connectivity index (χ2n) is 7.52. The first kappa shape index (κ1) is 23.3. The Labute approximate surface area is 161 Å². The summed E-state index contributed by atoms with van der Waals surface area (Å²) in [5.74, 6) is -2.74. The number of hydrogen-bond acceptors (Lipinski definition) is 6. The molecule has 1 heterocycles. The molecule has 0 spiro atoms. The Hall–Kier alpha value is -1.76. The van der Waals surface area contributed by atoms with E-state index in [1.165, 1.54) is 6.92 Å². The van der Waals surface area contributed by atoms with Crippen LogP contribution >= 0.6 is 0 Å². The van der Waals surface area contributed by atoms with Gasteiger partial charge in [-0.05, 0) is 38.2 Å². The number of aliphatic hydroxyl groups excluding tert-OH is 2. The second kappa shape index (κ2) is 9.97. The summed E-state index contributed by atoms with van der Waals surface area (Å²) in [4.78, 5) is 25.1. The van der Waals surface area contributed by atoms with E-state index >= 15 is 0 Å². The fourth-order valence-electron chi connectivity index (χ4n) is 3.43. The molecule has 6 nitrogen and oxygen atoms in total. The average molecular weight is 380 g/mol. The molecule has 0 aromatic carbocycles. The third-order valence-electron chi connectivity index (χ3n) is 4.81. The molecule has 1 rings (SSSR count). The van der Waals surface area contributed by atoms with Crippen LogP contribution in [0.2, 0.25) is 0 Å². The second-order valence-corrected chi connectivity index (χ2v) is 7.52. The summed E-state index contributed by atoms with van der Waals surface area (Å²) in [5, 5.41) is 30.0. The number of Topliss-reactive ketones (excluding diaryl/α,β-unsaturated/α-hetero) is 1. The van der Waals surface area contributed by atoms with Crippen LogP contribution in [0.3, 0.4) is 0 Å². The van der Waals surface area contributed by atoms with Crippen molar-refractivity contribution in [3.05, 3.63) is 35.5 Å². The van der Waals surface area contributed by atoms with Gasteiger partial charge in [0, 0.05) is 6.42 Å². The summed E-state index contributed by atoms with van der Waals surface area (Å²) in [5.41, 5.74) is -0.0192. The lowest BCUT2D eigenvalue weighted by Crippen LogP contribution is -2.48. The molecule has 0 amide bonds. The largest absolute Gasteiger partial charge is 0.457 e. The van der Waals surface area contributed by atoms with Gasteiger partial charge < -0.3 is 20.1 Å². The highest BCUT2D eigenvalue weighted by Crippen LogP contribution is 2.26. The van der Waals surface area contributed by atoms with Crippen molar-refractivity contribution in [1.82, 2.24) is 0 Å². The van der Waals surface area contributed by atoms with Crippen LogP contribution in [0, 0.1) is 11.8 Å². The predicted octanol–water partition coefficient (Wildman–Crippen LogP) is 2.09. The van der Waals surface area contributed by atoms with E-state index in [4.69, 9.17) is 4.74 Å². The smallest absolute Gasteiger partial charge is 0.316 e. The van der Waals surface area contributed by atoms with Gasteiger partial charge in [0.05, 0.1) is 13.2 Å². The summed E-state index contributed by atoms with van der Waals surface area (Å²) >= 11 is 0. The lowest BCUT2D eigenvalue weighted by atomic mass is 9.84. The number of carbonyl (C=O) groups is 2. The molecule has 0 unspecified atom stereocenters. The summed E-state index contributed by atoms with van der Waals surface area (Å²) in [6.45, 7) is 9.84. The standard InChI is InChI=1S/C21H32O6/c1-6-18-17(11-22)9-14(3)7-13(2)8-15(4)10-21(26,12-23)19(24)16(5)20(25)27-18/h8-9,13,16,18,22-23,26H,3,6-7,10-12H2,1-2,4-5H3/b15-8+,17-9-/t13-,16+,18-,21-/m0/s1. The van der Waals surface area contributed by atoms with Crippen LogP contribution in [-0.2, 0) is 14.3 Å². The molecule has 0 aromatic rings. The summed E-state index contributed by atoms with van der Waals surface area (Å²) in [6.07, 6.45) is 3.93. The van der Waals surface area contributed by atoms with Crippen molar-refractivity contribution in [3.63, 3.8) is 0 Å². The Morgan fingerprint density at radius 3 is 2.44 bits per heavy atom. The van der Waals surface area contributed by atoms with Gasteiger partial charge in [0.15, 0.2) is 11.4 Å². The predicted molar refractivity (Wildman–Crippen MR) is 103 cm³/mol. The summed E-state index contributed by atoms with van der Waals surface area (Å²) in [6, 6.07) is 0. The van der Waals surface area contributed by atoms with Crippen molar-refractivity contribution in [2.24, 2.45) is 11.8 Å². The molecule has 0 fully saturated rings. The number of cyclic esters (lactones) is 1. The number of ether oxygens (including phenoxy) is 1. The van der Waals surface area contributed by atoms with Crippen LogP contribution in [0.4, 0.5) is 0 Å². The van der Waals surface area contributed by atoms with E-state index in [1.54, 1.807) is 19.9 Å². The topological polar surface area (TPSA) is 104 Å². The first-order valence-corrected chi connectivity index (χ1v) is 9.32. The maximum Gasteiger partial charge on any atom is 0.316 e. The van der Waals surface area contributed by atoms with Crippen LogP contribution in [0.1, 0.15) is 47.0 Å². The SMILES string of the molecule is C=C1/C=C(/CO)[C@H](CC)OC(=O)[C@H](C)C(=O)[C@@](O)(CO)C/C(C)=C/[C@@H](C)C1. The first-order valence-electron chi connectivity index (χ1n) is 9.32. The molecule has 0 aromatic heterocycles. The summed E-state index contributed by atoms with van der Waals surface area (Å²) < 4.78 is 5.43. The zero-order valence-electron chi connectivity index (χ0n) is 16.7. The van der Waals surface area contributed by atoms with E-state index in [-0.39, 0.29) is 18.9 Å². The van der Waals surface area contributed by atoms with Crippen molar-refractivity contribution in [1.29, 1.82) is 0 Å². The molecule has 3 N–H and O–H groups in total. The summed E-state index contributed by atoms with van der Waals surface area (Å²) in [7, 11) is 0. The zero-order valence-corrected chi connectivity index (χ0v) is 16.7. The van der Waals surface area contributed by atoms with Crippen LogP contribution in [0.15, 0.2) is 35.5 Å². The van der Waals surface area contributed by atoms with E-state index in [0.717, 1.165) is 11.1 Å². The van der Waals surface area contributed by atoms with Gasteiger partial charge in [0.25, 0.3) is 0 Å². The number of esters is 1. The van der Waals surface area contributed by atoms with Crippen molar-refractivity contribution in [3.8, 4) is 0 Å². The van der Waals surface area contributed by atoms with Gasteiger partial charge in [-0.1, -0.05) is 43.7 Å². The maximum atomic E-state index is 12.7. The van der Waals surface area contributed by atoms with Crippen LogP contribution in [0.25, 0.3) is 0 Å². The Bertz CT molecular complexity index is 633. The minimum Gasteiger partial charge on any atom is -0.457 e. The van der Waals surface area contributed by atoms with Crippen molar-refractivity contribution < 1.29 is 29.6 Å². The molecular formula is C21H32O6. The molecule has 27 heavy (non-hydrogen) atoms. The van der Waals surface area contributed by atoms with Crippen LogP contribution in [-0.4, -0.2) is 52.0 Å².